The fourth-order valence-corrected chi connectivity index (χ4v) is 3.00. The molecule has 1 aromatic rings. The molecule has 2 rings (SSSR count). The molecule has 1 aromatic carbocycles. The van der Waals surface area contributed by atoms with Gasteiger partial charge in [0.2, 0.25) is 0 Å². The van der Waals surface area contributed by atoms with Crippen molar-refractivity contribution in [2.45, 2.75) is 38.8 Å². The van der Waals surface area contributed by atoms with E-state index in [0.717, 1.165) is 18.9 Å². The largest absolute Gasteiger partial charge is 0.417 e. The van der Waals surface area contributed by atoms with Crippen LogP contribution in [-0.4, -0.2) is 11.5 Å². The van der Waals surface area contributed by atoms with Gasteiger partial charge in [-0.05, 0) is 36.5 Å². The van der Waals surface area contributed by atoms with Gasteiger partial charge in [-0.2, -0.15) is 13.2 Å². The highest BCUT2D eigenvalue weighted by Crippen LogP contribution is 2.38. The fourth-order valence-electron chi connectivity index (χ4n) is 2.82. The summed E-state index contributed by atoms with van der Waals surface area (Å²) in [6.07, 6.45) is 0.126. The number of nitrogens with two attached hydrogens (primary N) is 1. The predicted octanol–water partition coefficient (Wildman–Crippen LogP) is 4.33. The van der Waals surface area contributed by atoms with E-state index in [9.17, 15) is 13.2 Å². The minimum absolute atomic E-state index is 0.130. The Bertz CT molecular complexity index is 534. The van der Waals surface area contributed by atoms with Crippen LogP contribution in [-0.2, 0) is 6.18 Å². The summed E-state index contributed by atoms with van der Waals surface area (Å²) in [6.45, 7) is 2.85. The first-order valence-electron chi connectivity index (χ1n) is 6.96. The number of anilines is 1. The van der Waals surface area contributed by atoms with E-state index in [-0.39, 0.29) is 16.0 Å². The summed E-state index contributed by atoms with van der Waals surface area (Å²) in [5, 5.41) is 3.12. The summed E-state index contributed by atoms with van der Waals surface area (Å²) in [7, 11) is 0. The molecule has 0 unspecified atom stereocenters. The van der Waals surface area contributed by atoms with Gasteiger partial charge < -0.3 is 11.1 Å². The highest BCUT2D eigenvalue weighted by molar-refractivity contribution is 7.80. The molecule has 0 amide bonds. The lowest BCUT2D eigenvalue weighted by Gasteiger charge is -2.25. The SMILES string of the molecule is CC1(CNc2ccc(C(N)=S)c(C(F)(F)F)c2)CCCC1. The van der Waals surface area contributed by atoms with Crippen molar-refractivity contribution in [3.8, 4) is 0 Å². The maximum absolute atomic E-state index is 13.1. The minimum Gasteiger partial charge on any atom is -0.389 e. The Balaban J connectivity index is 2.19. The van der Waals surface area contributed by atoms with Crippen molar-refractivity contribution in [3.05, 3.63) is 29.3 Å². The Labute approximate surface area is 127 Å². The molecule has 0 spiro atoms. The average molecular weight is 316 g/mol. The molecule has 1 aliphatic carbocycles. The third-order valence-electron chi connectivity index (χ3n) is 4.12. The Morgan fingerprint density at radius 1 is 1.33 bits per heavy atom. The van der Waals surface area contributed by atoms with Crippen LogP contribution in [0.25, 0.3) is 0 Å². The molecule has 1 saturated carbocycles. The minimum atomic E-state index is -4.46. The van der Waals surface area contributed by atoms with Gasteiger partial charge in [-0.1, -0.05) is 32.0 Å². The third kappa shape index (κ3) is 3.87. The Morgan fingerprint density at radius 2 is 1.95 bits per heavy atom. The van der Waals surface area contributed by atoms with Crippen molar-refractivity contribution < 1.29 is 13.2 Å². The maximum Gasteiger partial charge on any atom is 0.417 e. The van der Waals surface area contributed by atoms with Gasteiger partial charge >= 0.3 is 6.18 Å². The summed E-state index contributed by atoms with van der Waals surface area (Å²) in [4.78, 5) is -0.239. The van der Waals surface area contributed by atoms with Crippen LogP contribution in [0.4, 0.5) is 18.9 Å². The van der Waals surface area contributed by atoms with Crippen LogP contribution >= 0.6 is 12.2 Å². The standard InChI is InChI=1S/C15H19F3N2S/c1-14(6-2-3-7-14)9-20-10-4-5-11(13(19)21)12(8-10)15(16,17)18/h4-5,8,20H,2-3,6-7,9H2,1H3,(H2,19,21). The molecule has 0 aliphatic heterocycles. The second kappa shape index (κ2) is 5.83. The van der Waals surface area contributed by atoms with Crippen LogP contribution in [0.1, 0.15) is 43.7 Å². The second-order valence-electron chi connectivity index (χ2n) is 5.99. The Kier molecular flexibility index (Phi) is 4.46. The molecule has 0 bridgehead atoms. The summed E-state index contributed by atoms with van der Waals surface area (Å²) < 4.78 is 39.2. The number of hydrogen-bond donors (Lipinski definition) is 2. The normalized spacial score (nSPS) is 17.7. The molecule has 21 heavy (non-hydrogen) atoms. The molecule has 1 fully saturated rings. The summed E-state index contributed by atoms with van der Waals surface area (Å²) in [5.41, 5.74) is 5.08. The molecular formula is C15H19F3N2S. The lowest BCUT2D eigenvalue weighted by molar-refractivity contribution is -0.137. The van der Waals surface area contributed by atoms with Gasteiger partial charge in [-0.25, -0.2) is 0 Å². The van der Waals surface area contributed by atoms with Crippen LogP contribution < -0.4 is 11.1 Å². The highest BCUT2D eigenvalue weighted by Gasteiger charge is 2.34. The van der Waals surface area contributed by atoms with Crippen molar-refractivity contribution in [1.82, 2.24) is 0 Å². The average Bonchev–Trinajstić information content (AvgIpc) is 2.82. The molecular weight excluding hydrogens is 297 g/mol. The van der Waals surface area contributed by atoms with Crippen molar-refractivity contribution in [3.63, 3.8) is 0 Å². The Morgan fingerprint density at radius 3 is 2.48 bits per heavy atom. The first kappa shape index (κ1) is 16.1. The van der Waals surface area contributed by atoms with Gasteiger partial charge in [-0.3, -0.25) is 0 Å². The number of nitrogens with one attached hydrogen (secondary N) is 1. The smallest absolute Gasteiger partial charge is 0.389 e. The van der Waals surface area contributed by atoms with E-state index in [2.05, 4.69) is 24.5 Å². The van der Waals surface area contributed by atoms with E-state index in [1.807, 2.05) is 0 Å². The summed E-state index contributed by atoms with van der Waals surface area (Å²) >= 11 is 4.69. The maximum atomic E-state index is 13.1. The molecule has 116 valence electrons. The number of thiocarbonyl (C=S) groups is 1. The zero-order chi connectivity index (χ0) is 15.7. The first-order chi connectivity index (χ1) is 9.71. The van der Waals surface area contributed by atoms with Crippen LogP contribution in [0, 0.1) is 5.41 Å². The first-order valence-corrected chi connectivity index (χ1v) is 7.37. The predicted molar refractivity (Wildman–Crippen MR) is 82.4 cm³/mol. The molecule has 1 aliphatic rings. The van der Waals surface area contributed by atoms with E-state index in [4.69, 9.17) is 5.73 Å². The lowest BCUT2D eigenvalue weighted by Crippen LogP contribution is -2.23. The van der Waals surface area contributed by atoms with Crippen LogP contribution in [0.15, 0.2) is 18.2 Å². The van der Waals surface area contributed by atoms with E-state index < -0.39 is 11.7 Å². The number of benzene rings is 1. The molecule has 0 atom stereocenters. The van der Waals surface area contributed by atoms with Gasteiger partial charge in [0.05, 0.1) is 5.56 Å². The Hall–Kier alpha value is -1.30. The second-order valence-corrected chi connectivity index (χ2v) is 6.43. The van der Waals surface area contributed by atoms with Crippen LogP contribution in [0.3, 0.4) is 0 Å². The molecule has 6 heteroatoms. The molecule has 0 saturated heterocycles. The van der Waals surface area contributed by atoms with Gasteiger partial charge in [-0.15, -0.1) is 0 Å². The van der Waals surface area contributed by atoms with E-state index in [1.165, 1.54) is 18.9 Å². The van der Waals surface area contributed by atoms with Gasteiger partial charge in [0.1, 0.15) is 4.99 Å². The van der Waals surface area contributed by atoms with Crippen LogP contribution in [0.5, 0.6) is 0 Å². The lowest BCUT2D eigenvalue weighted by atomic mass is 9.89. The van der Waals surface area contributed by atoms with Crippen LogP contribution in [0.2, 0.25) is 0 Å². The molecule has 0 aromatic heterocycles. The number of alkyl halides is 3. The van der Waals surface area contributed by atoms with Gasteiger partial charge in [0, 0.05) is 17.8 Å². The quantitative estimate of drug-likeness (QED) is 0.812. The van der Waals surface area contributed by atoms with E-state index >= 15 is 0 Å². The molecule has 0 heterocycles. The topological polar surface area (TPSA) is 38.0 Å². The van der Waals surface area contributed by atoms with Crippen molar-refractivity contribution in [1.29, 1.82) is 0 Å². The van der Waals surface area contributed by atoms with E-state index in [0.29, 0.717) is 12.2 Å². The zero-order valence-corrected chi connectivity index (χ0v) is 12.7. The van der Waals surface area contributed by atoms with E-state index in [1.54, 1.807) is 6.07 Å². The zero-order valence-electron chi connectivity index (χ0n) is 11.9. The summed E-state index contributed by atoms with van der Waals surface area (Å²) in [5.74, 6) is 0. The number of halogens is 3. The van der Waals surface area contributed by atoms with Crippen molar-refractivity contribution >= 4 is 22.9 Å². The number of hydrogen-bond acceptors (Lipinski definition) is 2. The van der Waals surface area contributed by atoms with Crippen molar-refractivity contribution in [2.24, 2.45) is 11.1 Å². The van der Waals surface area contributed by atoms with Crippen molar-refractivity contribution in [2.75, 3.05) is 11.9 Å². The fraction of sp³-hybridized carbons (Fsp3) is 0.533. The summed E-state index contributed by atoms with van der Waals surface area (Å²) in [6, 6.07) is 4.03. The third-order valence-corrected chi connectivity index (χ3v) is 4.34. The monoisotopic (exact) mass is 316 g/mol. The molecule has 2 nitrogen and oxygen atoms in total. The highest BCUT2D eigenvalue weighted by atomic mass is 32.1. The molecule has 3 N–H and O–H groups in total. The van der Waals surface area contributed by atoms with Gasteiger partial charge in [0.15, 0.2) is 0 Å². The van der Waals surface area contributed by atoms with Gasteiger partial charge in [0.25, 0.3) is 0 Å². The molecule has 0 radical (unpaired) electrons. The number of rotatable bonds is 4.